The summed E-state index contributed by atoms with van der Waals surface area (Å²) < 4.78 is 0. The molecule has 3 N–H and O–H groups in total. The van der Waals surface area contributed by atoms with Gasteiger partial charge in [-0.2, -0.15) is 0 Å². The van der Waals surface area contributed by atoms with E-state index in [0.29, 0.717) is 0 Å². The van der Waals surface area contributed by atoms with Crippen LogP contribution < -0.4 is 0 Å². The maximum absolute atomic E-state index is 10.4. The summed E-state index contributed by atoms with van der Waals surface area (Å²) in [5.41, 5.74) is 0. The van der Waals surface area contributed by atoms with Gasteiger partial charge in [-0.25, -0.2) is 4.79 Å². The number of aliphatic hydroxyl groups excluding tert-OH is 1. The van der Waals surface area contributed by atoms with Crippen molar-refractivity contribution >= 4 is 11.9 Å². The fourth-order valence-electron chi connectivity index (χ4n) is 0.773. The molecule has 0 saturated carbocycles. The van der Waals surface area contributed by atoms with Crippen LogP contribution in [0.4, 0.5) is 0 Å². The van der Waals surface area contributed by atoms with Crippen LogP contribution in [0.15, 0.2) is 0 Å². The molecule has 2 unspecified atom stereocenters. The summed E-state index contributed by atoms with van der Waals surface area (Å²) in [7, 11) is 2.76. The van der Waals surface area contributed by atoms with Gasteiger partial charge in [-0.1, -0.05) is 0 Å². The summed E-state index contributed by atoms with van der Waals surface area (Å²) in [6.45, 7) is 0. The molecule has 0 amide bonds. The third-order valence-corrected chi connectivity index (χ3v) is 1.36. The van der Waals surface area contributed by atoms with Gasteiger partial charge in [0.25, 0.3) is 0 Å². The maximum Gasteiger partial charge on any atom is 0.334 e. The molecule has 12 heavy (non-hydrogen) atoms. The highest BCUT2D eigenvalue weighted by Crippen LogP contribution is 2.01. The van der Waals surface area contributed by atoms with Gasteiger partial charge in [0.1, 0.15) is 6.04 Å². The molecule has 6 heteroatoms. The summed E-state index contributed by atoms with van der Waals surface area (Å²) in [5.74, 6) is -2.91. The van der Waals surface area contributed by atoms with Crippen LogP contribution in [-0.2, 0) is 9.59 Å². The predicted octanol–water partition coefficient (Wildman–Crippen LogP) is -1.55. The van der Waals surface area contributed by atoms with Gasteiger partial charge < -0.3 is 15.3 Å². The molecule has 0 aromatic heterocycles. The van der Waals surface area contributed by atoms with Crippen molar-refractivity contribution in [2.24, 2.45) is 0 Å². The zero-order valence-electron chi connectivity index (χ0n) is 6.76. The second kappa shape index (κ2) is 4.03. The summed E-state index contributed by atoms with van der Waals surface area (Å²) in [6.07, 6.45) is -1.91. The second-order valence-corrected chi connectivity index (χ2v) is 2.53. The largest absolute Gasteiger partial charge is 0.480 e. The van der Waals surface area contributed by atoms with Crippen molar-refractivity contribution in [1.82, 2.24) is 4.90 Å². The lowest BCUT2D eigenvalue weighted by atomic mass is 10.1. The normalized spacial score (nSPS) is 15.7. The molecule has 0 bridgehead atoms. The molecular weight excluding hydrogens is 166 g/mol. The van der Waals surface area contributed by atoms with Crippen LogP contribution in [0.2, 0.25) is 0 Å². The van der Waals surface area contributed by atoms with Crippen molar-refractivity contribution < 1.29 is 24.9 Å². The van der Waals surface area contributed by atoms with E-state index in [9.17, 15) is 9.59 Å². The zero-order valence-corrected chi connectivity index (χ0v) is 6.76. The van der Waals surface area contributed by atoms with Gasteiger partial charge in [0.15, 0.2) is 6.10 Å². The van der Waals surface area contributed by atoms with E-state index in [-0.39, 0.29) is 0 Å². The Hall–Kier alpha value is -1.14. The van der Waals surface area contributed by atoms with Crippen LogP contribution >= 0.6 is 0 Å². The van der Waals surface area contributed by atoms with Crippen molar-refractivity contribution in [2.45, 2.75) is 12.1 Å². The van der Waals surface area contributed by atoms with E-state index >= 15 is 0 Å². The number of aliphatic carboxylic acids is 2. The van der Waals surface area contributed by atoms with Crippen LogP contribution in [0.25, 0.3) is 0 Å². The van der Waals surface area contributed by atoms with Crippen molar-refractivity contribution in [3.05, 3.63) is 0 Å². The average Bonchev–Trinajstić information content (AvgIpc) is 1.85. The first-order chi connectivity index (χ1) is 5.37. The summed E-state index contributed by atoms with van der Waals surface area (Å²) >= 11 is 0. The number of likely N-dealkylation sites (N-methyl/N-ethyl adjacent to an activating group) is 1. The maximum atomic E-state index is 10.4. The van der Waals surface area contributed by atoms with E-state index in [1.54, 1.807) is 0 Å². The highest BCUT2D eigenvalue weighted by molar-refractivity contribution is 5.84. The Morgan fingerprint density at radius 2 is 1.58 bits per heavy atom. The standard InChI is InChI=1S/C6H11NO5/c1-7(2)3(5(9)10)4(8)6(11)12/h3-4,8H,1-2H3,(H,9,10)(H,11,12). The van der Waals surface area contributed by atoms with Gasteiger partial charge >= 0.3 is 11.9 Å². The van der Waals surface area contributed by atoms with Gasteiger partial charge in [-0.15, -0.1) is 0 Å². The number of aliphatic hydroxyl groups is 1. The van der Waals surface area contributed by atoms with Gasteiger partial charge in [0, 0.05) is 0 Å². The fourth-order valence-corrected chi connectivity index (χ4v) is 0.773. The van der Waals surface area contributed by atoms with Gasteiger partial charge in [-0.3, -0.25) is 9.69 Å². The fraction of sp³-hybridized carbons (Fsp3) is 0.667. The molecule has 0 aliphatic heterocycles. The summed E-state index contributed by atoms with van der Waals surface area (Å²) in [5, 5.41) is 25.7. The van der Waals surface area contributed by atoms with Crippen LogP contribution in [0.5, 0.6) is 0 Å². The van der Waals surface area contributed by atoms with E-state index in [1.807, 2.05) is 0 Å². The number of hydrogen-bond donors (Lipinski definition) is 3. The van der Waals surface area contributed by atoms with Crippen LogP contribution in [-0.4, -0.2) is 58.4 Å². The van der Waals surface area contributed by atoms with Crippen molar-refractivity contribution in [2.75, 3.05) is 14.1 Å². The molecule has 0 rings (SSSR count). The summed E-state index contributed by atoms with van der Waals surface area (Å²) in [6, 6.07) is -1.41. The molecule has 0 heterocycles. The van der Waals surface area contributed by atoms with E-state index in [4.69, 9.17) is 15.3 Å². The molecule has 0 fully saturated rings. The van der Waals surface area contributed by atoms with Crippen molar-refractivity contribution in [3.63, 3.8) is 0 Å². The minimum absolute atomic E-state index is 1.13. The van der Waals surface area contributed by atoms with Crippen molar-refractivity contribution in [1.29, 1.82) is 0 Å². The Morgan fingerprint density at radius 3 is 1.67 bits per heavy atom. The number of nitrogens with zero attached hydrogens (tertiary/aromatic N) is 1. The van der Waals surface area contributed by atoms with E-state index in [1.165, 1.54) is 14.1 Å². The molecule has 0 radical (unpaired) electrons. The average molecular weight is 177 g/mol. The summed E-state index contributed by atoms with van der Waals surface area (Å²) in [4.78, 5) is 21.8. The number of hydrogen-bond acceptors (Lipinski definition) is 4. The Bertz CT molecular complexity index is 190. The molecule has 0 saturated heterocycles. The number of rotatable bonds is 4. The molecule has 70 valence electrons. The van der Waals surface area contributed by atoms with E-state index < -0.39 is 24.1 Å². The molecule has 0 spiro atoms. The topological polar surface area (TPSA) is 98.1 Å². The molecule has 0 aromatic rings. The molecule has 6 nitrogen and oxygen atoms in total. The highest BCUT2D eigenvalue weighted by atomic mass is 16.4. The molecule has 0 aliphatic carbocycles. The van der Waals surface area contributed by atoms with Gasteiger partial charge in [0.05, 0.1) is 0 Å². The van der Waals surface area contributed by atoms with E-state index in [2.05, 4.69) is 0 Å². The first kappa shape index (κ1) is 10.9. The van der Waals surface area contributed by atoms with Gasteiger partial charge in [0.2, 0.25) is 0 Å². The monoisotopic (exact) mass is 177 g/mol. The zero-order chi connectivity index (χ0) is 9.89. The molecule has 0 aromatic carbocycles. The SMILES string of the molecule is CN(C)C(C(=O)O)C(O)C(=O)O. The Balaban J connectivity index is 4.51. The lowest BCUT2D eigenvalue weighted by molar-refractivity contribution is -0.160. The minimum Gasteiger partial charge on any atom is -0.480 e. The highest BCUT2D eigenvalue weighted by Gasteiger charge is 2.33. The molecule has 0 aliphatic rings. The Kier molecular flexibility index (Phi) is 3.65. The van der Waals surface area contributed by atoms with Crippen LogP contribution in [0.1, 0.15) is 0 Å². The lowest BCUT2D eigenvalue weighted by Crippen LogP contribution is -2.48. The Labute approximate surface area is 69.0 Å². The third kappa shape index (κ3) is 2.48. The quantitative estimate of drug-likeness (QED) is 0.480. The second-order valence-electron chi connectivity index (χ2n) is 2.53. The number of carboxylic acid groups (broad SMARTS) is 2. The molecule has 2 atom stereocenters. The first-order valence-electron chi connectivity index (χ1n) is 3.18. The number of carbonyl (C=O) groups is 2. The predicted molar refractivity (Wildman–Crippen MR) is 38.8 cm³/mol. The van der Waals surface area contributed by atoms with Crippen molar-refractivity contribution in [3.8, 4) is 0 Å². The molecular formula is C6H11NO5. The lowest BCUT2D eigenvalue weighted by Gasteiger charge is -2.21. The van der Waals surface area contributed by atoms with Gasteiger partial charge in [-0.05, 0) is 14.1 Å². The Morgan fingerprint density at radius 1 is 1.17 bits per heavy atom. The van der Waals surface area contributed by atoms with Crippen LogP contribution in [0.3, 0.4) is 0 Å². The number of carboxylic acids is 2. The van der Waals surface area contributed by atoms with Crippen LogP contribution in [0, 0.1) is 0 Å². The first-order valence-corrected chi connectivity index (χ1v) is 3.18. The minimum atomic E-state index is -1.91. The van der Waals surface area contributed by atoms with E-state index in [0.717, 1.165) is 4.90 Å². The smallest absolute Gasteiger partial charge is 0.334 e. The third-order valence-electron chi connectivity index (χ3n) is 1.36.